The van der Waals surface area contributed by atoms with Gasteiger partial charge >= 0.3 is 0 Å². The minimum atomic E-state index is 0.103. The van der Waals surface area contributed by atoms with E-state index in [0.717, 1.165) is 38.3 Å². The second-order valence-electron chi connectivity index (χ2n) is 6.46. The summed E-state index contributed by atoms with van der Waals surface area (Å²) in [4.78, 5) is 9.39. The first-order valence-electron chi connectivity index (χ1n) is 7.64. The summed E-state index contributed by atoms with van der Waals surface area (Å²) < 4.78 is 0. The highest BCUT2D eigenvalue weighted by Crippen LogP contribution is 2.42. The molecule has 3 heterocycles. The molecule has 2 aliphatic heterocycles. The van der Waals surface area contributed by atoms with E-state index in [1.54, 1.807) is 0 Å². The van der Waals surface area contributed by atoms with Gasteiger partial charge in [0.25, 0.3) is 0 Å². The molecule has 0 radical (unpaired) electrons. The Kier molecular flexibility index (Phi) is 3.69. The Labute approximate surface area is 121 Å². The van der Waals surface area contributed by atoms with E-state index in [4.69, 9.17) is 0 Å². The molecule has 3 rings (SSSR count). The largest absolute Gasteiger partial charge is 0.396 e. The zero-order valence-electron chi connectivity index (χ0n) is 12.5. The minimum absolute atomic E-state index is 0.103. The van der Waals surface area contributed by atoms with Gasteiger partial charge in [0.05, 0.1) is 6.61 Å². The van der Waals surface area contributed by atoms with Crippen molar-refractivity contribution in [2.75, 3.05) is 38.2 Å². The Hall–Kier alpha value is -1.13. The van der Waals surface area contributed by atoms with Crippen LogP contribution in [0.3, 0.4) is 0 Å². The summed E-state index contributed by atoms with van der Waals surface area (Å²) in [5, 5.41) is 9.95. The van der Waals surface area contributed by atoms with Crippen molar-refractivity contribution in [1.29, 1.82) is 0 Å². The molecule has 20 heavy (non-hydrogen) atoms. The van der Waals surface area contributed by atoms with Gasteiger partial charge in [0, 0.05) is 30.7 Å². The van der Waals surface area contributed by atoms with E-state index >= 15 is 0 Å². The van der Waals surface area contributed by atoms with Gasteiger partial charge in [-0.25, -0.2) is 4.98 Å². The summed E-state index contributed by atoms with van der Waals surface area (Å²) in [5.41, 5.74) is 1.34. The highest BCUT2D eigenvalue weighted by atomic mass is 16.3. The van der Waals surface area contributed by atoms with E-state index in [2.05, 4.69) is 34.8 Å². The van der Waals surface area contributed by atoms with Crippen LogP contribution in [0.2, 0.25) is 0 Å². The van der Waals surface area contributed by atoms with E-state index in [1.165, 1.54) is 12.0 Å². The van der Waals surface area contributed by atoms with Crippen molar-refractivity contribution in [2.45, 2.75) is 32.2 Å². The molecule has 0 aromatic carbocycles. The van der Waals surface area contributed by atoms with Crippen LogP contribution in [-0.2, 0) is 0 Å². The first-order valence-corrected chi connectivity index (χ1v) is 7.64. The molecule has 0 aliphatic carbocycles. The van der Waals surface area contributed by atoms with Crippen molar-refractivity contribution >= 4 is 5.82 Å². The molecule has 0 bridgehead atoms. The van der Waals surface area contributed by atoms with Gasteiger partial charge in [-0.15, -0.1) is 0 Å². The number of likely N-dealkylation sites (tertiary alicyclic amines) is 1. The lowest BCUT2D eigenvalue weighted by atomic mass is 9.69. The number of hydrogen-bond donors (Lipinski definition) is 1. The Morgan fingerprint density at radius 2 is 2.25 bits per heavy atom. The van der Waals surface area contributed by atoms with Crippen LogP contribution in [0.25, 0.3) is 0 Å². The first kappa shape index (κ1) is 13.8. The fourth-order valence-electron chi connectivity index (χ4n) is 4.02. The summed E-state index contributed by atoms with van der Waals surface area (Å²) in [6.07, 6.45) is 5.30. The number of anilines is 1. The lowest BCUT2D eigenvalue weighted by Crippen LogP contribution is -2.61. The summed E-state index contributed by atoms with van der Waals surface area (Å²) in [7, 11) is 2.20. The van der Waals surface area contributed by atoms with E-state index in [0.29, 0.717) is 12.6 Å². The number of piperidine rings is 2. The van der Waals surface area contributed by atoms with Crippen molar-refractivity contribution in [3.63, 3.8) is 0 Å². The van der Waals surface area contributed by atoms with E-state index < -0.39 is 0 Å². The maximum absolute atomic E-state index is 9.95. The highest BCUT2D eigenvalue weighted by Gasteiger charge is 2.46. The van der Waals surface area contributed by atoms with Gasteiger partial charge in [-0.05, 0) is 51.4 Å². The Bertz CT molecular complexity index is 479. The van der Waals surface area contributed by atoms with Gasteiger partial charge in [0.2, 0.25) is 0 Å². The van der Waals surface area contributed by atoms with Crippen LogP contribution in [0.1, 0.15) is 24.8 Å². The van der Waals surface area contributed by atoms with Crippen LogP contribution < -0.4 is 4.90 Å². The third-order valence-electron chi connectivity index (χ3n) is 5.29. The Morgan fingerprint density at radius 1 is 1.40 bits per heavy atom. The topological polar surface area (TPSA) is 39.6 Å². The van der Waals surface area contributed by atoms with Crippen LogP contribution in [0.4, 0.5) is 5.82 Å². The molecule has 2 atom stereocenters. The van der Waals surface area contributed by atoms with Crippen LogP contribution in [0, 0.1) is 12.3 Å². The van der Waals surface area contributed by atoms with E-state index in [1.807, 2.05) is 12.3 Å². The number of hydrogen-bond acceptors (Lipinski definition) is 4. The summed E-state index contributed by atoms with van der Waals surface area (Å²) in [6, 6.07) is 4.56. The van der Waals surface area contributed by atoms with Gasteiger partial charge in [0.15, 0.2) is 0 Å². The molecular weight excluding hydrogens is 250 g/mol. The molecule has 2 saturated heterocycles. The molecule has 0 spiro atoms. The van der Waals surface area contributed by atoms with Crippen molar-refractivity contribution in [2.24, 2.45) is 5.41 Å². The third kappa shape index (κ3) is 2.21. The predicted octanol–water partition coefficient (Wildman–Crippen LogP) is 1.67. The van der Waals surface area contributed by atoms with Gasteiger partial charge in [0.1, 0.15) is 5.82 Å². The molecule has 110 valence electrons. The second kappa shape index (κ2) is 5.34. The summed E-state index contributed by atoms with van der Waals surface area (Å²) in [5.74, 6) is 1.11. The molecule has 4 nitrogen and oxygen atoms in total. The van der Waals surface area contributed by atoms with Gasteiger partial charge in [-0.2, -0.15) is 0 Å². The number of aliphatic hydroxyl groups excluding tert-OH is 1. The molecule has 4 heteroatoms. The lowest BCUT2D eigenvalue weighted by molar-refractivity contribution is -0.0277. The van der Waals surface area contributed by atoms with E-state index in [-0.39, 0.29) is 5.41 Å². The van der Waals surface area contributed by atoms with Gasteiger partial charge < -0.3 is 14.9 Å². The number of nitrogens with zero attached hydrogens (tertiary/aromatic N) is 3. The average Bonchev–Trinajstić information content (AvgIpc) is 2.48. The van der Waals surface area contributed by atoms with Crippen LogP contribution in [0.5, 0.6) is 0 Å². The molecule has 2 aliphatic rings. The van der Waals surface area contributed by atoms with Crippen LogP contribution in [-0.4, -0.2) is 54.3 Å². The zero-order chi connectivity index (χ0) is 14.2. The number of aromatic nitrogens is 1. The molecule has 0 saturated carbocycles. The maximum Gasteiger partial charge on any atom is 0.131 e. The fraction of sp³-hybridized carbons (Fsp3) is 0.688. The average molecular weight is 275 g/mol. The number of aliphatic hydroxyl groups is 1. The molecule has 1 aromatic heterocycles. The van der Waals surface area contributed by atoms with Gasteiger partial charge in [-0.1, -0.05) is 6.07 Å². The Balaban J connectivity index is 1.85. The molecule has 0 unspecified atom stereocenters. The molecule has 0 amide bonds. The monoisotopic (exact) mass is 275 g/mol. The third-order valence-corrected chi connectivity index (χ3v) is 5.29. The number of pyridine rings is 1. The SMILES string of the molecule is Cc1cccnc1N1CC[C@@]2(CO)CCCN(C)[C@@H]2C1. The smallest absolute Gasteiger partial charge is 0.131 e. The minimum Gasteiger partial charge on any atom is -0.396 e. The highest BCUT2D eigenvalue weighted by molar-refractivity contribution is 5.46. The quantitative estimate of drug-likeness (QED) is 0.891. The zero-order valence-corrected chi connectivity index (χ0v) is 12.5. The summed E-state index contributed by atoms with van der Waals surface area (Å²) in [6.45, 7) is 5.57. The first-order chi connectivity index (χ1) is 9.66. The predicted molar refractivity (Wildman–Crippen MR) is 81.0 cm³/mol. The standard InChI is InChI=1S/C16H25N3O/c1-13-5-3-8-17-15(13)19-10-7-16(12-20)6-4-9-18(2)14(16)11-19/h3,5,8,14,20H,4,6-7,9-12H2,1-2H3/t14-,16-/m1/s1. The number of likely N-dealkylation sites (N-methyl/N-ethyl adjacent to an activating group) is 1. The van der Waals surface area contributed by atoms with Gasteiger partial charge in [-0.3, -0.25) is 0 Å². The molecule has 2 fully saturated rings. The normalized spacial score (nSPS) is 31.1. The second-order valence-corrected chi connectivity index (χ2v) is 6.46. The number of aryl methyl sites for hydroxylation is 1. The van der Waals surface area contributed by atoms with Crippen molar-refractivity contribution in [3.05, 3.63) is 23.9 Å². The van der Waals surface area contributed by atoms with Crippen molar-refractivity contribution in [1.82, 2.24) is 9.88 Å². The number of fused-ring (bicyclic) bond motifs is 1. The van der Waals surface area contributed by atoms with E-state index in [9.17, 15) is 5.11 Å². The fourth-order valence-corrected chi connectivity index (χ4v) is 4.02. The molecule has 1 aromatic rings. The van der Waals surface area contributed by atoms with Crippen molar-refractivity contribution < 1.29 is 5.11 Å². The van der Waals surface area contributed by atoms with Crippen LogP contribution in [0.15, 0.2) is 18.3 Å². The van der Waals surface area contributed by atoms with Crippen molar-refractivity contribution in [3.8, 4) is 0 Å². The van der Waals surface area contributed by atoms with Crippen LogP contribution >= 0.6 is 0 Å². The number of rotatable bonds is 2. The lowest BCUT2D eigenvalue weighted by Gasteiger charge is -2.54. The molecule has 1 N–H and O–H groups in total. The maximum atomic E-state index is 9.95. The Morgan fingerprint density at radius 3 is 3.00 bits per heavy atom. The summed E-state index contributed by atoms with van der Waals surface area (Å²) >= 11 is 0. The molecular formula is C16H25N3O.